The number of hydrogen-bond donors (Lipinski definition) is 1. The van der Waals surface area contributed by atoms with Crippen molar-refractivity contribution < 1.29 is 19.1 Å². The average molecular weight is 529 g/mol. The van der Waals surface area contributed by atoms with Crippen molar-refractivity contribution >= 4 is 18.3 Å². The minimum absolute atomic E-state index is 0.0283. The largest absolute Gasteiger partial charge is 0.471 e. The second kappa shape index (κ2) is 12.9. The smallest absolute Gasteiger partial charge is 0.292 e. The number of ether oxygens (including phenoxy) is 1. The number of methoxy groups -OCH3 is 1. The van der Waals surface area contributed by atoms with Gasteiger partial charge in [0.1, 0.15) is 12.1 Å². The average Bonchev–Trinajstić information content (AvgIpc) is 3.56. The fourth-order valence-electron chi connectivity index (χ4n) is 7.51. The van der Waals surface area contributed by atoms with Gasteiger partial charge in [0.15, 0.2) is 0 Å². The molecule has 0 aromatic carbocycles. The second-order valence-electron chi connectivity index (χ2n) is 12.1. The number of fused-ring (bicyclic) bond motifs is 2. The maximum Gasteiger partial charge on any atom is 0.292 e. The normalized spacial score (nSPS) is 34.1. The van der Waals surface area contributed by atoms with Crippen LogP contribution in [0.5, 0.6) is 0 Å². The third-order valence-corrected chi connectivity index (χ3v) is 9.05. The lowest BCUT2D eigenvalue weighted by Crippen LogP contribution is -2.64. The van der Waals surface area contributed by atoms with Crippen LogP contribution in [0.15, 0.2) is 0 Å². The molecular weight excluding hydrogens is 484 g/mol. The van der Waals surface area contributed by atoms with E-state index in [4.69, 9.17) is 4.79 Å². The van der Waals surface area contributed by atoms with Crippen molar-refractivity contribution in [2.45, 2.75) is 94.8 Å². The standard InChI is InChI=1S/C26H40N6O2.C2H4O2/c1-19-10-20-12-25(2,30(3)17-24(34)32-9-5-7-22(32)15-28)18-26(11-19,13-20)29-16-23(33)31-8-4-6-21(31)14-27;1-4-2-3/h19-22,29H,4-13,16-18H2,1-3H3;2H,1H3. The predicted molar refractivity (Wildman–Crippen MR) is 141 cm³/mol. The number of carbonyl (C=O) groups is 3. The molecule has 0 aromatic rings. The van der Waals surface area contributed by atoms with Crippen LogP contribution < -0.4 is 5.32 Å². The number of carbonyl (C=O) groups excluding carboxylic acids is 3. The van der Waals surface area contributed by atoms with Gasteiger partial charge in [-0.15, -0.1) is 0 Å². The van der Waals surface area contributed by atoms with Gasteiger partial charge < -0.3 is 19.9 Å². The maximum absolute atomic E-state index is 13.1. The van der Waals surface area contributed by atoms with Gasteiger partial charge >= 0.3 is 0 Å². The molecule has 2 bridgehead atoms. The Bertz CT molecular complexity index is 943. The topological polar surface area (TPSA) is 130 Å². The number of hydrogen-bond acceptors (Lipinski definition) is 8. The molecule has 210 valence electrons. The number of nitrogens with one attached hydrogen (secondary N) is 1. The Morgan fingerprint density at radius 2 is 1.66 bits per heavy atom. The number of likely N-dealkylation sites (tertiary alicyclic amines) is 2. The lowest BCUT2D eigenvalue weighted by molar-refractivity contribution is -0.135. The lowest BCUT2D eigenvalue weighted by Gasteiger charge is -2.57. The van der Waals surface area contributed by atoms with E-state index >= 15 is 0 Å². The van der Waals surface area contributed by atoms with Crippen molar-refractivity contribution in [1.82, 2.24) is 20.0 Å². The first-order valence-electron chi connectivity index (χ1n) is 13.9. The highest BCUT2D eigenvalue weighted by Gasteiger charge is 2.51. The Balaban J connectivity index is 0.000000934. The number of rotatable bonds is 7. The highest BCUT2D eigenvalue weighted by atomic mass is 16.5. The number of likely N-dealkylation sites (N-methyl/N-ethyl adjacent to an activating group) is 1. The molecule has 2 amide bonds. The van der Waals surface area contributed by atoms with Gasteiger partial charge in [0.2, 0.25) is 11.8 Å². The van der Waals surface area contributed by atoms with Gasteiger partial charge in [-0.3, -0.25) is 19.3 Å². The van der Waals surface area contributed by atoms with E-state index in [0.717, 1.165) is 51.4 Å². The summed E-state index contributed by atoms with van der Waals surface area (Å²) in [6.07, 6.45) is 8.54. The molecule has 0 radical (unpaired) electrons. The van der Waals surface area contributed by atoms with Gasteiger partial charge in [-0.25, -0.2) is 0 Å². The summed E-state index contributed by atoms with van der Waals surface area (Å²) in [6.45, 7) is 6.89. The van der Waals surface area contributed by atoms with E-state index in [1.165, 1.54) is 13.5 Å². The van der Waals surface area contributed by atoms with E-state index in [9.17, 15) is 20.1 Å². The van der Waals surface area contributed by atoms with Gasteiger partial charge in [0, 0.05) is 24.2 Å². The molecule has 1 N–H and O–H groups in total. The molecule has 2 aliphatic carbocycles. The first kappa shape index (κ1) is 29.9. The van der Waals surface area contributed by atoms with Crippen LogP contribution in [-0.4, -0.2) is 96.5 Å². The third-order valence-electron chi connectivity index (χ3n) is 9.05. The highest BCUT2D eigenvalue weighted by Crippen LogP contribution is 2.50. The molecule has 4 rings (SSSR count). The predicted octanol–water partition coefficient (Wildman–Crippen LogP) is 2.05. The molecule has 6 unspecified atom stereocenters. The minimum atomic E-state index is -0.290. The zero-order valence-electron chi connectivity index (χ0n) is 23.4. The van der Waals surface area contributed by atoms with Crippen molar-refractivity contribution in [2.75, 3.05) is 40.3 Å². The van der Waals surface area contributed by atoms with Crippen LogP contribution in [0.3, 0.4) is 0 Å². The zero-order chi connectivity index (χ0) is 27.9. The molecule has 2 saturated carbocycles. The maximum atomic E-state index is 13.1. The van der Waals surface area contributed by atoms with E-state index in [-0.39, 0.29) is 41.5 Å². The summed E-state index contributed by atoms with van der Waals surface area (Å²) < 4.78 is 3.86. The fourth-order valence-corrected chi connectivity index (χ4v) is 7.51. The molecule has 0 aromatic heterocycles. The van der Waals surface area contributed by atoms with Gasteiger partial charge in [0.25, 0.3) is 6.47 Å². The molecule has 10 heteroatoms. The van der Waals surface area contributed by atoms with Crippen LogP contribution in [0.1, 0.15) is 71.6 Å². The molecular formula is C28H44N6O4. The van der Waals surface area contributed by atoms with Crippen molar-refractivity contribution in [3.05, 3.63) is 0 Å². The van der Waals surface area contributed by atoms with E-state index in [0.29, 0.717) is 37.9 Å². The fraction of sp³-hybridized carbons (Fsp3) is 0.821. The summed E-state index contributed by atoms with van der Waals surface area (Å²) in [5.41, 5.74) is -0.285. The molecule has 10 nitrogen and oxygen atoms in total. The Hall–Kier alpha value is -2.69. The minimum Gasteiger partial charge on any atom is -0.471 e. The summed E-state index contributed by atoms with van der Waals surface area (Å²) in [5, 5.41) is 22.4. The molecule has 0 spiro atoms. The van der Waals surface area contributed by atoms with E-state index in [1.54, 1.807) is 9.80 Å². The molecule has 38 heavy (non-hydrogen) atoms. The summed E-state index contributed by atoms with van der Waals surface area (Å²) in [6, 6.07) is 3.97. The molecule has 2 aliphatic heterocycles. The van der Waals surface area contributed by atoms with Crippen LogP contribution in [0, 0.1) is 34.5 Å². The van der Waals surface area contributed by atoms with Crippen molar-refractivity contribution in [3.8, 4) is 12.1 Å². The van der Waals surface area contributed by atoms with Crippen LogP contribution in [-0.2, 0) is 19.1 Å². The second-order valence-corrected chi connectivity index (χ2v) is 12.1. The monoisotopic (exact) mass is 528 g/mol. The number of nitriles is 2. The van der Waals surface area contributed by atoms with Crippen molar-refractivity contribution in [1.29, 1.82) is 10.5 Å². The summed E-state index contributed by atoms with van der Waals surface area (Å²) in [5.74, 6) is 1.23. The molecule has 2 heterocycles. The van der Waals surface area contributed by atoms with Gasteiger partial charge in [-0.2, -0.15) is 10.5 Å². The van der Waals surface area contributed by atoms with Gasteiger partial charge in [0.05, 0.1) is 32.3 Å². The molecule has 2 saturated heterocycles. The van der Waals surface area contributed by atoms with Crippen LogP contribution >= 0.6 is 0 Å². The van der Waals surface area contributed by atoms with Crippen molar-refractivity contribution in [2.24, 2.45) is 11.8 Å². The van der Waals surface area contributed by atoms with E-state index < -0.39 is 0 Å². The third kappa shape index (κ3) is 6.84. The van der Waals surface area contributed by atoms with E-state index in [2.05, 4.69) is 40.9 Å². The van der Waals surface area contributed by atoms with Crippen LogP contribution in [0.25, 0.3) is 0 Å². The Morgan fingerprint density at radius 3 is 2.21 bits per heavy atom. The van der Waals surface area contributed by atoms with Crippen LogP contribution in [0.2, 0.25) is 0 Å². The van der Waals surface area contributed by atoms with Gasteiger partial charge in [-0.05, 0) is 83.6 Å². The Morgan fingerprint density at radius 1 is 1.08 bits per heavy atom. The highest BCUT2D eigenvalue weighted by molar-refractivity contribution is 5.80. The SMILES string of the molecule is CC1CC2CC(NCC(=O)N3CCCC3C#N)(C1)CC(C)(N(C)CC(=O)N1CCCC1C#N)C2.COC=O. The molecule has 4 aliphatic rings. The number of amides is 2. The Labute approximate surface area is 227 Å². The first-order valence-corrected chi connectivity index (χ1v) is 13.9. The quantitative estimate of drug-likeness (QED) is 0.497. The number of nitrogens with zero attached hydrogens (tertiary/aromatic N) is 5. The van der Waals surface area contributed by atoms with Crippen molar-refractivity contribution in [3.63, 3.8) is 0 Å². The molecule has 4 fully saturated rings. The summed E-state index contributed by atoms with van der Waals surface area (Å²) in [4.78, 5) is 40.7. The van der Waals surface area contributed by atoms with E-state index in [1.807, 2.05) is 7.05 Å². The van der Waals surface area contributed by atoms with Gasteiger partial charge in [-0.1, -0.05) is 6.92 Å². The zero-order valence-corrected chi connectivity index (χ0v) is 23.4. The molecule has 6 atom stereocenters. The first-order chi connectivity index (χ1) is 18.1. The van der Waals surface area contributed by atoms with Crippen LogP contribution in [0.4, 0.5) is 0 Å². The summed E-state index contributed by atoms with van der Waals surface area (Å²) in [7, 11) is 3.35. The lowest BCUT2D eigenvalue weighted by atomic mass is 9.58. The summed E-state index contributed by atoms with van der Waals surface area (Å²) >= 11 is 0. The Kier molecular flexibility index (Phi) is 10.1.